The van der Waals surface area contributed by atoms with Crippen molar-refractivity contribution in [2.45, 2.75) is 65.0 Å². The number of ether oxygens (including phenoxy) is 2. The van der Waals surface area contributed by atoms with Gasteiger partial charge in [0.1, 0.15) is 9.57 Å². The van der Waals surface area contributed by atoms with E-state index < -0.39 is 17.2 Å². The lowest BCUT2D eigenvalue weighted by molar-refractivity contribution is -0.149. The fraction of sp³-hybridized carbons (Fsp3) is 0.824. The Balaban J connectivity index is 4.87. The molecule has 1 atom stereocenters. The maximum Gasteiger partial charge on any atom is 0.320 e. The van der Waals surface area contributed by atoms with E-state index in [9.17, 15) is 9.59 Å². The van der Waals surface area contributed by atoms with Gasteiger partial charge in [-0.2, -0.15) is 0 Å². The summed E-state index contributed by atoms with van der Waals surface area (Å²) in [6.07, 6.45) is 4.24. The number of nitrogens with zero attached hydrogens (tertiary/aromatic N) is 1. The fourth-order valence-electron chi connectivity index (χ4n) is 1.97. The van der Waals surface area contributed by atoms with Crippen molar-refractivity contribution >= 4 is 40.2 Å². The van der Waals surface area contributed by atoms with Crippen LogP contribution in [0, 0.1) is 0 Å². The molecule has 140 valence electrons. The Bertz CT molecular complexity index is 383. The summed E-state index contributed by atoms with van der Waals surface area (Å²) in [5.74, 6) is -0.816. The van der Waals surface area contributed by atoms with E-state index in [1.165, 1.54) is 11.8 Å². The minimum absolute atomic E-state index is 0.0210. The first kappa shape index (κ1) is 23.2. The third-order valence-electron chi connectivity index (χ3n) is 3.27. The van der Waals surface area contributed by atoms with Crippen LogP contribution in [0.1, 0.15) is 59.8 Å². The smallest absolute Gasteiger partial charge is 0.320 e. The second-order valence-corrected chi connectivity index (χ2v) is 7.16. The molecule has 0 aliphatic heterocycles. The van der Waals surface area contributed by atoms with E-state index in [1.54, 1.807) is 13.8 Å². The maximum atomic E-state index is 12.1. The molecule has 0 bridgehead atoms. The summed E-state index contributed by atoms with van der Waals surface area (Å²) in [5, 5.41) is -0.651. The van der Waals surface area contributed by atoms with Crippen LogP contribution in [0.5, 0.6) is 0 Å². The molecular weight excluding hydrogens is 346 g/mol. The number of esters is 2. The van der Waals surface area contributed by atoms with Crippen molar-refractivity contribution in [1.82, 2.24) is 4.90 Å². The molecule has 0 saturated carbocycles. The average molecular weight is 378 g/mol. The van der Waals surface area contributed by atoms with Crippen molar-refractivity contribution in [3.05, 3.63) is 0 Å². The van der Waals surface area contributed by atoms with Gasteiger partial charge in [-0.15, -0.1) is 0 Å². The third kappa shape index (κ3) is 10.1. The number of thioether (sulfide) groups is 1. The number of thiocarbonyl (C=S) groups is 1. The number of carbonyl (C=O) groups excluding carboxylic acids is 2. The van der Waals surface area contributed by atoms with Crippen LogP contribution >= 0.6 is 24.0 Å². The molecule has 0 aliphatic carbocycles. The summed E-state index contributed by atoms with van der Waals surface area (Å²) in [4.78, 5) is 26.0. The highest BCUT2D eigenvalue weighted by Gasteiger charge is 2.27. The summed E-state index contributed by atoms with van der Waals surface area (Å²) in [6.45, 7) is 10.1. The van der Waals surface area contributed by atoms with Crippen LogP contribution in [-0.4, -0.2) is 52.7 Å². The Morgan fingerprint density at radius 2 is 1.54 bits per heavy atom. The van der Waals surface area contributed by atoms with Crippen LogP contribution in [0.2, 0.25) is 0 Å². The first-order chi connectivity index (χ1) is 11.5. The zero-order chi connectivity index (χ0) is 18.4. The SMILES string of the molecule is CCCCN(CCCC)C(=S)SC(CC(=O)OCC)C(=O)OCC. The Hall–Kier alpha value is -0.820. The molecule has 0 radical (unpaired) electrons. The van der Waals surface area contributed by atoms with E-state index >= 15 is 0 Å². The maximum absolute atomic E-state index is 12.1. The largest absolute Gasteiger partial charge is 0.466 e. The van der Waals surface area contributed by atoms with E-state index in [0.717, 1.165) is 38.8 Å². The van der Waals surface area contributed by atoms with Crippen LogP contribution in [0.15, 0.2) is 0 Å². The number of carbonyl (C=O) groups is 2. The van der Waals surface area contributed by atoms with Gasteiger partial charge in [-0.1, -0.05) is 50.7 Å². The Kier molecular flexibility index (Phi) is 14.0. The average Bonchev–Trinajstić information content (AvgIpc) is 2.54. The van der Waals surface area contributed by atoms with Crippen LogP contribution in [0.4, 0.5) is 0 Å². The van der Waals surface area contributed by atoms with Crippen molar-refractivity contribution < 1.29 is 19.1 Å². The van der Waals surface area contributed by atoms with Gasteiger partial charge in [-0.05, 0) is 26.7 Å². The lowest BCUT2D eigenvalue weighted by Crippen LogP contribution is -2.33. The van der Waals surface area contributed by atoms with Crippen LogP contribution in [-0.2, 0) is 19.1 Å². The van der Waals surface area contributed by atoms with Crippen LogP contribution in [0.25, 0.3) is 0 Å². The van der Waals surface area contributed by atoms with Gasteiger partial charge in [0.15, 0.2) is 0 Å². The standard InChI is InChI=1S/C17H31NO4S2/c1-5-9-11-18(12-10-6-2)17(23)24-14(16(20)22-8-4)13-15(19)21-7-3/h14H,5-13H2,1-4H3. The molecule has 0 aliphatic rings. The molecule has 0 aromatic carbocycles. The highest BCUT2D eigenvalue weighted by atomic mass is 32.2. The van der Waals surface area contributed by atoms with Gasteiger partial charge in [0.25, 0.3) is 0 Å². The van der Waals surface area contributed by atoms with E-state index in [0.29, 0.717) is 10.9 Å². The van der Waals surface area contributed by atoms with E-state index in [1.807, 2.05) is 0 Å². The van der Waals surface area contributed by atoms with Gasteiger partial charge in [0, 0.05) is 13.1 Å². The topological polar surface area (TPSA) is 55.8 Å². The monoisotopic (exact) mass is 377 g/mol. The minimum atomic E-state index is -0.651. The molecule has 0 saturated heterocycles. The molecule has 0 spiro atoms. The van der Waals surface area contributed by atoms with Crippen LogP contribution < -0.4 is 0 Å². The lowest BCUT2D eigenvalue weighted by Gasteiger charge is -2.26. The van der Waals surface area contributed by atoms with E-state index in [2.05, 4.69) is 18.7 Å². The second kappa shape index (κ2) is 14.5. The summed E-state index contributed by atoms with van der Waals surface area (Å²) < 4.78 is 10.7. The van der Waals surface area contributed by atoms with E-state index in [-0.39, 0.29) is 13.0 Å². The van der Waals surface area contributed by atoms with Crippen molar-refractivity contribution in [1.29, 1.82) is 0 Å². The van der Waals surface area contributed by atoms with Gasteiger partial charge in [-0.3, -0.25) is 9.59 Å². The summed E-state index contributed by atoms with van der Waals surface area (Å²) in [6, 6.07) is 0. The van der Waals surface area contributed by atoms with Crippen molar-refractivity contribution in [2.24, 2.45) is 0 Å². The first-order valence-corrected chi connectivity index (χ1v) is 10.1. The molecule has 1 unspecified atom stereocenters. The van der Waals surface area contributed by atoms with Gasteiger partial charge >= 0.3 is 11.9 Å². The quantitative estimate of drug-likeness (QED) is 0.379. The Morgan fingerprint density at radius 3 is 2.00 bits per heavy atom. The fourth-order valence-corrected chi connectivity index (χ4v) is 3.46. The molecule has 0 aromatic rings. The number of rotatable bonds is 12. The molecule has 0 fully saturated rings. The molecule has 0 amide bonds. The van der Waals surface area contributed by atoms with Gasteiger partial charge in [0.05, 0.1) is 19.6 Å². The molecule has 0 heterocycles. The predicted octanol–water partition coefficient (Wildman–Crippen LogP) is 3.79. The normalized spacial score (nSPS) is 11.7. The van der Waals surface area contributed by atoms with Gasteiger partial charge in [-0.25, -0.2) is 0 Å². The molecule has 24 heavy (non-hydrogen) atoms. The van der Waals surface area contributed by atoms with Gasteiger partial charge < -0.3 is 14.4 Å². The predicted molar refractivity (Wildman–Crippen MR) is 103 cm³/mol. The number of hydrogen-bond donors (Lipinski definition) is 0. The zero-order valence-corrected chi connectivity index (χ0v) is 17.0. The Labute approximate surface area is 155 Å². The van der Waals surface area contributed by atoms with Gasteiger partial charge in [0.2, 0.25) is 0 Å². The molecule has 0 rings (SSSR count). The summed E-state index contributed by atoms with van der Waals surface area (Å²) >= 11 is 6.77. The molecule has 0 aromatic heterocycles. The highest BCUT2D eigenvalue weighted by Crippen LogP contribution is 2.22. The van der Waals surface area contributed by atoms with Crippen LogP contribution in [0.3, 0.4) is 0 Å². The molecule has 0 N–H and O–H groups in total. The van der Waals surface area contributed by atoms with Crippen molar-refractivity contribution in [2.75, 3.05) is 26.3 Å². The summed E-state index contributed by atoms with van der Waals surface area (Å²) in [5.41, 5.74) is 0. The number of unbranched alkanes of at least 4 members (excludes halogenated alkanes) is 2. The zero-order valence-electron chi connectivity index (χ0n) is 15.3. The molecular formula is C17H31NO4S2. The number of hydrogen-bond acceptors (Lipinski definition) is 6. The highest BCUT2D eigenvalue weighted by molar-refractivity contribution is 8.23. The minimum Gasteiger partial charge on any atom is -0.466 e. The third-order valence-corrected chi connectivity index (χ3v) is 4.92. The molecule has 5 nitrogen and oxygen atoms in total. The van der Waals surface area contributed by atoms with Crippen molar-refractivity contribution in [3.8, 4) is 0 Å². The second-order valence-electron chi connectivity index (χ2n) is 5.33. The summed E-state index contributed by atoms with van der Waals surface area (Å²) in [7, 11) is 0. The molecule has 7 heteroatoms. The first-order valence-electron chi connectivity index (χ1n) is 8.77. The van der Waals surface area contributed by atoms with E-state index in [4.69, 9.17) is 21.7 Å². The Morgan fingerprint density at radius 1 is 1.00 bits per heavy atom. The van der Waals surface area contributed by atoms with Crippen molar-refractivity contribution in [3.63, 3.8) is 0 Å². The lowest BCUT2D eigenvalue weighted by atomic mass is 10.3.